The molecule has 0 saturated carbocycles. The van der Waals surface area contributed by atoms with Gasteiger partial charge < -0.3 is 10.6 Å². The van der Waals surface area contributed by atoms with Crippen molar-refractivity contribution in [2.24, 2.45) is 5.73 Å². The van der Waals surface area contributed by atoms with Crippen LogP contribution in [0.3, 0.4) is 0 Å². The summed E-state index contributed by atoms with van der Waals surface area (Å²) in [6, 6.07) is 9.82. The summed E-state index contributed by atoms with van der Waals surface area (Å²) in [6.45, 7) is 2.05. The maximum absolute atomic E-state index is 5.57. The molecule has 0 amide bonds. The van der Waals surface area contributed by atoms with Crippen LogP contribution in [0.15, 0.2) is 36.5 Å². The molecule has 0 aliphatic heterocycles. The van der Waals surface area contributed by atoms with Gasteiger partial charge in [0.15, 0.2) is 0 Å². The monoisotopic (exact) mass is 258 g/mol. The Morgan fingerprint density at radius 3 is 2.78 bits per heavy atom. The molecule has 1 aromatic carbocycles. The van der Waals surface area contributed by atoms with E-state index < -0.39 is 0 Å². The maximum Gasteiger partial charge on any atom is 0.230 e. The fourth-order valence-corrected chi connectivity index (χ4v) is 1.71. The smallest absolute Gasteiger partial charge is 0.230 e. The molecule has 4 nitrogen and oxygen atoms in total. The largest absolute Gasteiger partial charge is 0.388 e. The molecule has 1 heterocycles. The van der Waals surface area contributed by atoms with Crippen molar-refractivity contribution in [2.75, 3.05) is 11.9 Å². The van der Waals surface area contributed by atoms with Crippen LogP contribution >= 0.6 is 12.2 Å². The van der Waals surface area contributed by atoms with Gasteiger partial charge in [-0.05, 0) is 30.7 Å². The Labute approximate surface area is 111 Å². The van der Waals surface area contributed by atoms with Crippen LogP contribution in [0.1, 0.15) is 11.3 Å². The molecule has 0 spiro atoms. The summed E-state index contributed by atoms with van der Waals surface area (Å²) >= 11 is 4.91. The fourth-order valence-electron chi connectivity index (χ4n) is 1.60. The molecule has 0 atom stereocenters. The van der Waals surface area contributed by atoms with Crippen molar-refractivity contribution in [1.82, 2.24) is 9.97 Å². The molecule has 0 bridgehead atoms. The van der Waals surface area contributed by atoms with E-state index in [4.69, 9.17) is 18.0 Å². The quantitative estimate of drug-likeness (QED) is 0.855. The summed E-state index contributed by atoms with van der Waals surface area (Å²) in [6.07, 6.45) is 1.66. The van der Waals surface area contributed by atoms with Gasteiger partial charge in [0.05, 0.1) is 0 Å². The minimum atomic E-state index is 0.274. The zero-order valence-electron chi connectivity index (χ0n) is 10.3. The Balaban J connectivity index is 2.36. The van der Waals surface area contributed by atoms with Crippen molar-refractivity contribution in [2.45, 2.75) is 6.92 Å². The molecule has 2 rings (SSSR count). The molecule has 0 unspecified atom stereocenters. The second-order valence-electron chi connectivity index (χ2n) is 4.00. The van der Waals surface area contributed by atoms with Gasteiger partial charge in [0.1, 0.15) is 10.7 Å². The van der Waals surface area contributed by atoms with Crippen LogP contribution in [-0.2, 0) is 0 Å². The highest BCUT2D eigenvalue weighted by Gasteiger charge is 2.08. The number of hydrogen-bond donors (Lipinski definition) is 1. The second kappa shape index (κ2) is 5.10. The SMILES string of the molecule is Cc1cccc(N(C)c2nccc(C(N)=S)n2)c1. The molecule has 92 valence electrons. The second-order valence-corrected chi connectivity index (χ2v) is 4.44. The molecule has 0 aliphatic carbocycles. The van der Waals surface area contributed by atoms with Gasteiger partial charge in [-0.3, -0.25) is 0 Å². The normalized spacial score (nSPS) is 10.1. The van der Waals surface area contributed by atoms with E-state index in [0.29, 0.717) is 11.6 Å². The van der Waals surface area contributed by atoms with Crippen LogP contribution in [0.4, 0.5) is 11.6 Å². The minimum absolute atomic E-state index is 0.274. The maximum atomic E-state index is 5.57. The number of nitrogens with two attached hydrogens (primary N) is 1. The van der Waals surface area contributed by atoms with E-state index in [9.17, 15) is 0 Å². The first-order valence-corrected chi connectivity index (χ1v) is 5.92. The number of hydrogen-bond acceptors (Lipinski definition) is 4. The average Bonchev–Trinajstić information content (AvgIpc) is 2.38. The number of thiocarbonyl (C=S) groups is 1. The van der Waals surface area contributed by atoms with E-state index in [2.05, 4.69) is 16.0 Å². The predicted octanol–water partition coefficient (Wildman–Crippen LogP) is 2.19. The Morgan fingerprint density at radius 2 is 2.11 bits per heavy atom. The van der Waals surface area contributed by atoms with E-state index in [-0.39, 0.29) is 4.99 Å². The highest BCUT2D eigenvalue weighted by atomic mass is 32.1. The van der Waals surface area contributed by atoms with E-state index >= 15 is 0 Å². The van der Waals surface area contributed by atoms with Crippen molar-refractivity contribution < 1.29 is 0 Å². The van der Waals surface area contributed by atoms with Crippen LogP contribution in [0.2, 0.25) is 0 Å². The lowest BCUT2D eigenvalue weighted by Crippen LogP contribution is -2.17. The lowest BCUT2D eigenvalue weighted by atomic mass is 10.2. The van der Waals surface area contributed by atoms with E-state index in [1.54, 1.807) is 12.3 Å². The molecular formula is C13H14N4S. The predicted molar refractivity (Wildman–Crippen MR) is 77.2 cm³/mol. The number of aromatic nitrogens is 2. The van der Waals surface area contributed by atoms with Crippen molar-refractivity contribution in [3.8, 4) is 0 Å². The molecule has 2 aromatic rings. The standard InChI is InChI=1S/C13H14N4S/c1-9-4-3-5-10(8-9)17(2)13-15-7-6-11(16-13)12(14)18/h3-8H,1-2H3,(H2,14,18). The van der Waals surface area contributed by atoms with Gasteiger partial charge in [-0.2, -0.15) is 0 Å². The van der Waals surface area contributed by atoms with Crippen molar-refractivity contribution in [3.05, 3.63) is 47.8 Å². The lowest BCUT2D eigenvalue weighted by Gasteiger charge is -2.17. The highest BCUT2D eigenvalue weighted by Crippen LogP contribution is 2.20. The van der Waals surface area contributed by atoms with Gasteiger partial charge in [0.2, 0.25) is 5.95 Å². The Bertz CT molecular complexity index is 583. The minimum Gasteiger partial charge on any atom is -0.388 e. The third-order valence-corrected chi connectivity index (χ3v) is 2.79. The van der Waals surface area contributed by atoms with Crippen LogP contribution < -0.4 is 10.6 Å². The van der Waals surface area contributed by atoms with Crippen molar-refractivity contribution in [1.29, 1.82) is 0 Å². The van der Waals surface area contributed by atoms with E-state index in [1.807, 2.05) is 37.1 Å². The first-order chi connectivity index (χ1) is 8.58. The third kappa shape index (κ3) is 2.62. The molecule has 0 aliphatic rings. The number of benzene rings is 1. The topological polar surface area (TPSA) is 55.0 Å². The van der Waals surface area contributed by atoms with Gasteiger partial charge in [-0.1, -0.05) is 24.4 Å². The molecule has 18 heavy (non-hydrogen) atoms. The average molecular weight is 258 g/mol. The summed E-state index contributed by atoms with van der Waals surface area (Å²) in [4.78, 5) is 10.7. The Kier molecular flexibility index (Phi) is 3.53. The van der Waals surface area contributed by atoms with Gasteiger partial charge in [0, 0.05) is 18.9 Å². The Morgan fingerprint density at radius 1 is 1.33 bits per heavy atom. The molecular weight excluding hydrogens is 244 g/mol. The number of nitrogens with zero attached hydrogens (tertiary/aromatic N) is 3. The van der Waals surface area contributed by atoms with Crippen LogP contribution in [-0.4, -0.2) is 22.0 Å². The molecule has 0 saturated heterocycles. The first kappa shape index (κ1) is 12.4. The molecule has 2 N–H and O–H groups in total. The summed E-state index contributed by atoms with van der Waals surface area (Å²) in [5, 5.41) is 0. The lowest BCUT2D eigenvalue weighted by molar-refractivity contribution is 1.03. The number of rotatable bonds is 3. The van der Waals surface area contributed by atoms with Crippen molar-refractivity contribution in [3.63, 3.8) is 0 Å². The zero-order chi connectivity index (χ0) is 13.1. The van der Waals surface area contributed by atoms with Gasteiger partial charge in [0.25, 0.3) is 0 Å². The third-order valence-electron chi connectivity index (χ3n) is 2.58. The van der Waals surface area contributed by atoms with Gasteiger partial charge in [-0.25, -0.2) is 9.97 Å². The molecule has 0 fully saturated rings. The van der Waals surface area contributed by atoms with Gasteiger partial charge >= 0.3 is 0 Å². The van der Waals surface area contributed by atoms with Gasteiger partial charge in [-0.15, -0.1) is 0 Å². The fraction of sp³-hybridized carbons (Fsp3) is 0.154. The summed E-state index contributed by atoms with van der Waals surface area (Å²) in [7, 11) is 1.91. The number of anilines is 2. The van der Waals surface area contributed by atoms with Crippen LogP contribution in [0.25, 0.3) is 0 Å². The summed E-state index contributed by atoms with van der Waals surface area (Å²) < 4.78 is 0. The summed E-state index contributed by atoms with van der Waals surface area (Å²) in [5.41, 5.74) is 8.35. The molecule has 5 heteroatoms. The zero-order valence-corrected chi connectivity index (χ0v) is 11.1. The van der Waals surface area contributed by atoms with Crippen molar-refractivity contribution >= 4 is 28.8 Å². The molecule has 1 aromatic heterocycles. The van der Waals surface area contributed by atoms with Crippen LogP contribution in [0, 0.1) is 6.92 Å². The summed E-state index contributed by atoms with van der Waals surface area (Å²) in [5.74, 6) is 0.575. The van der Waals surface area contributed by atoms with Crippen LogP contribution in [0.5, 0.6) is 0 Å². The van der Waals surface area contributed by atoms with E-state index in [0.717, 1.165) is 5.69 Å². The number of aryl methyl sites for hydroxylation is 1. The first-order valence-electron chi connectivity index (χ1n) is 5.51. The Hall–Kier alpha value is -2.01. The molecule has 0 radical (unpaired) electrons. The highest BCUT2D eigenvalue weighted by molar-refractivity contribution is 7.80. The van der Waals surface area contributed by atoms with E-state index in [1.165, 1.54) is 5.56 Å².